The van der Waals surface area contributed by atoms with Crippen LogP contribution in [0.25, 0.3) is 0 Å². The standard InChI is InChI=1S/C13H19N3OS/c1-2-18-12-6-5-10(8-12)15-13(17)16-11-4-3-7-14-9-11/h3-4,7,9-10,12H,2,5-6,8H2,1H3,(H2,15,16,17)/t10-,12+/m0/s1. The van der Waals surface area contributed by atoms with Gasteiger partial charge in [-0.1, -0.05) is 6.92 Å². The van der Waals surface area contributed by atoms with Crippen molar-refractivity contribution in [1.29, 1.82) is 0 Å². The second-order valence-corrected chi connectivity index (χ2v) is 6.00. The molecule has 0 bridgehead atoms. The van der Waals surface area contributed by atoms with Crippen molar-refractivity contribution in [3.63, 3.8) is 0 Å². The summed E-state index contributed by atoms with van der Waals surface area (Å²) in [6.45, 7) is 2.18. The summed E-state index contributed by atoms with van der Waals surface area (Å²) in [5.74, 6) is 1.15. The van der Waals surface area contributed by atoms with Crippen LogP contribution in [0.3, 0.4) is 0 Å². The Morgan fingerprint density at radius 1 is 1.56 bits per heavy atom. The predicted octanol–water partition coefficient (Wildman–Crippen LogP) is 2.88. The maximum atomic E-state index is 11.8. The van der Waals surface area contributed by atoms with Crippen LogP contribution in [0.1, 0.15) is 26.2 Å². The first-order valence-electron chi connectivity index (χ1n) is 6.37. The summed E-state index contributed by atoms with van der Waals surface area (Å²) in [5, 5.41) is 6.53. The zero-order valence-corrected chi connectivity index (χ0v) is 11.4. The van der Waals surface area contributed by atoms with Crippen LogP contribution < -0.4 is 10.6 Å². The highest BCUT2D eigenvalue weighted by atomic mass is 32.2. The molecule has 2 atom stereocenters. The number of hydrogen-bond acceptors (Lipinski definition) is 3. The van der Waals surface area contributed by atoms with Gasteiger partial charge in [-0.2, -0.15) is 11.8 Å². The lowest BCUT2D eigenvalue weighted by atomic mass is 10.2. The number of hydrogen-bond donors (Lipinski definition) is 2. The van der Waals surface area contributed by atoms with Crippen molar-refractivity contribution < 1.29 is 4.79 Å². The van der Waals surface area contributed by atoms with E-state index in [4.69, 9.17) is 0 Å². The molecule has 0 radical (unpaired) electrons. The summed E-state index contributed by atoms with van der Waals surface area (Å²) in [4.78, 5) is 15.7. The molecule has 1 heterocycles. The van der Waals surface area contributed by atoms with Crippen molar-refractivity contribution >= 4 is 23.5 Å². The van der Waals surface area contributed by atoms with Gasteiger partial charge >= 0.3 is 6.03 Å². The van der Waals surface area contributed by atoms with Crippen LogP contribution in [0.5, 0.6) is 0 Å². The highest BCUT2D eigenvalue weighted by Gasteiger charge is 2.25. The largest absolute Gasteiger partial charge is 0.335 e. The molecular formula is C13H19N3OS. The van der Waals surface area contributed by atoms with Gasteiger partial charge < -0.3 is 10.6 Å². The summed E-state index contributed by atoms with van der Waals surface area (Å²) in [6.07, 6.45) is 6.70. The van der Waals surface area contributed by atoms with Crippen LogP contribution in [0, 0.1) is 0 Å². The van der Waals surface area contributed by atoms with Crippen LogP contribution in [-0.4, -0.2) is 28.1 Å². The minimum Gasteiger partial charge on any atom is -0.335 e. The number of amides is 2. The molecule has 98 valence electrons. The Labute approximate surface area is 112 Å². The fraction of sp³-hybridized carbons (Fsp3) is 0.538. The van der Waals surface area contributed by atoms with Gasteiger partial charge in [-0.15, -0.1) is 0 Å². The van der Waals surface area contributed by atoms with E-state index < -0.39 is 0 Å². The maximum absolute atomic E-state index is 11.8. The van der Waals surface area contributed by atoms with Crippen molar-refractivity contribution in [2.45, 2.75) is 37.5 Å². The molecule has 18 heavy (non-hydrogen) atoms. The highest BCUT2D eigenvalue weighted by molar-refractivity contribution is 7.99. The summed E-state index contributed by atoms with van der Waals surface area (Å²) in [7, 11) is 0. The predicted molar refractivity (Wildman–Crippen MR) is 76.0 cm³/mol. The van der Waals surface area contributed by atoms with Gasteiger partial charge in [0.25, 0.3) is 0 Å². The van der Waals surface area contributed by atoms with E-state index in [1.165, 1.54) is 6.42 Å². The van der Waals surface area contributed by atoms with Crippen LogP contribution >= 0.6 is 11.8 Å². The third-order valence-corrected chi connectivity index (χ3v) is 4.27. The number of pyridine rings is 1. The normalized spacial score (nSPS) is 22.7. The van der Waals surface area contributed by atoms with Crippen molar-refractivity contribution in [3.05, 3.63) is 24.5 Å². The van der Waals surface area contributed by atoms with Crippen molar-refractivity contribution in [2.75, 3.05) is 11.1 Å². The first-order valence-corrected chi connectivity index (χ1v) is 7.42. The molecule has 4 nitrogen and oxygen atoms in total. The molecule has 1 aliphatic carbocycles. The topological polar surface area (TPSA) is 54.0 Å². The Bertz CT molecular complexity index is 385. The fourth-order valence-electron chi connectivity index (χ4n) is 2.25. The van der Waals surface area contributed by atoms with Crippen LogP contribution in [-0.2, 0) is 0 Å². The molecular weight excluding hydrogens is 246 g/mol. The molecule has 2 rings (SSSR count). The van der Waals surface area contributed by atoms with E-state index in [0.29, 0.717) is 11.3 Å². The number of carbonyl (C=O) groups is 1. The Kier molecular flexibility index (Phi) is 4.87. The Hall–Kier alpha value is -1.23. The Morgan fingerprint density at radius 3 is 3.17 bits per heavy atom. The van der Waals surface area contributed by atoms with Crippen LogP contribution in [0.15, 0.2) is 24.5 Å². The molecule has 0 unspecified atom stereocenters. The molecule has 0 aliphatic heterocycles. The van der Waals surface area contributed by atoms with Crippen LogP contribution in [0.2, 0.25) is 0 Å². The maximum Gasteiger partial charge on any atom is 0.319 e. The van der Waals surface area contributed by atoms with E-state index in [1.807, 2.05) is 17.8 Å². The minimum atomic E-state index is -0.129. The smallest absolute Gasteiger partial charge is 0.319 e. The summed E-state index contributed by atoms with van der Waals surface area (Å²) in [6, 6.07) is 3.82. The van der Waals surface area contributed by atoms with E-state index in [1.54, 1.807) is 18.5 Å². The van der Waals surface area contributed by atoms with Gasteiger partial charge in [-0.25, -0.2) is 4.79 Å². The van der Waals surface area contributed by atoms with Crippen LogP contribution in [0.4, 0.5) is 10.5 Å². The number of anilines is 1. The first-order chi connectivity index (χ1) is 8.78. The Balaban J connectivity index is 1.75. The highest BCUT2D eigenvalue weighted by Crippen LogP contribution is 2.29. The van der Waals surface area contributed by atoms with Gasteiger partial charge in [0, 0.05) is 17.5 Å². The lowest BCUT2D eigenvalue weighted by Crippen LogP contribution is -2.36. The average molecular weight is 265 g/mol. The van der Waals surface area contributed by atoms with Gasteiger partial charge in [-0.05, 0) is 37.1 Å². The molecule has 5 heteroatoms. The van der Waals surface area contributed by atoms with Gasteiger partial charge in [0.1, 0.15) is 0 Å². The Morgan fingerprint density at radius 2 is 2.44 bits per heavy atom. The summed E-state index contributed by atoms with van der Waals surface area (Å²) in [5.41, 5.74) is 0.729. The minimum absolute atomic E-state index is 0.129. The third-order valence-electron chi connectivity index (χ3n) is 3.04. The quantitative estimate of drug-likeness (QED) is 0.880. The lowest BCUT2D eigenvalue weighted by molar-refractivity contribution is 0.248. The second kappa shape index (κ2) is 6.64. The lowest BCUT2D eigenvalue weighted by Gasteiger charge is -2.13. The van der Waals surface area contributed by atoms with Crippen molar-refractivity contribution in [1.82, 2.24) is 10.3 Å². The van der Waals surface area contributed by atoms with E-state index in [9.17, 15) is 4.79 Å². The molecule has 1 saturated carbocycles. The molecule has 0 spiro atoms. The number of urea groups is 1. The first kappa shape index (κ1) is 13.2. The zero-order chi connectivity index (χ0) is 12.8. The second-order valence-electron chi connectivity index (χ2n) is 4.43. The average Bonchev–Trinajstić information content (AvgIpc) is 2.78. The van der Waals surface area contributed by atoms with E-state index in [2.05, 4.69) is 22.5 Å². The number of rotatable bonds is 4. The van der Waals surface area contributed by atoms with Crippen molar-refractivity contribution in [2.24, 2.45) is 0 Å². The zero-order valence-electron chi connectivity index (χ0n) is 10.6. The van der Waals surface area contributed by atoms with Crippen molar-refractivity contribution in [3.8, 4) is 0 Å². The summed E-state index contributed by atoms with van der Waals surface area (Å²) < 4.78 is 0. The molecule has 1 fully saturated rings. The molecule has 1 aromatic rings. The number of aromatic nitrogens is 1. The van der Waals surface area contributed by atoms with Gasteiger partial charge in [-0.3, -0.25) is 4.98 Å². The molecule has 0 saturated heterocycles. The number of nitrogens with one attached hydrogen (secondary N) is 2. The number of carbonyl (C=O) groups excluding carboxylic acids is 1. The molecule has 1 aromatic heterocycles. The summed E-state index contributed by atoms with van der Waals surface area (Å²) >= 11 is 1.99. The fourth-order valence-corrected chi connectivity index (χ4v) is 3.39. The third kappa shape index (κ3) is 3.91. The molecule has 2 N–H and O–H groups in total. The number of nitrogens with zero attached hydrogens (tertiary/aromatic N) is 1. The SMILES string of the molecule is CCS[C@@H]1CC[C@H](NC(=O)Nc2cccnc2)C1. The van der Waals surface area contributed by atoms with E-state index >= 15 is 0 Å². The molecule has 0 aromatic carbocycles. The van der Waals surface area contributed by atoms with E-state index in [0.717, 1.165) is 24.3 Å². The van der Waals surface area contributed by atoms with E-state index in [-0.39, 0.29) is 6.03 Å². The number of thioether (sulfide) groups is 1. The van der Waals surface area contributed by atoms with Gasteiger partial charge in [0.2, 0.25) is 0 Å². The molecule has 2 amide bonds. The monoisotopic (exact) mass is 265 g/mol. The molecule has 1 aliphatic rings. The van der Waals surface area contributed by atoms with Gasteiger partial charge in [0.15, 0.2) is 0 Å². The van der Waals surface area contributed by atoms with Gasteiger partial charge in [0.05, 0.1) is 11.9 Å².